The van der Waals surface area contributed by atoms with Gasteiger partial charge in [0.15, 0.2) is 5.69 Å². The quantitative estimate of drug-likeness (QED) is 0.609. The summed E-state index contributed by atoms with van der Waals surface area (Å²) in [5.41, 5.74) is 0.289. The number of hydrogen-bond donors (Lipinski definition) is 2. The van der Waals surface area contributed by atoms with Crippen LogP contribution in [0.2, 0.25) is 0 Å². The summed E-state index contributed by atoms with van der Waals surface area (Å²) in [5, 5.41) is 13.4. The molecule has 0 aromatic carbocycles. The van der Waals surface area contributed by atoms with Crippen molar-refractivity contribution < 1.29 is 4.79 Å². The first-order valence-corrected chi connectivity index (χ1v) is 7.34. The van der Waals surface area contributed by atoms with E-state index in [1.807, 2.05) is 23.8 Å². The third-order valence-corrected chi connectivity index (χ3v) is 3.28. The van der Waals surface area contributed by atoms with Crippen LogP contribution in [0.15, 0.2) is 31.0 Å². The van der Waals surface area contributed by atoms with Crippen LogP contribution < -0.4 is 10.6 Å². The maximum atomic E-state index is 11.8. The van der Waals surface area contributed by atoms with Crippen LogP contribution >= 0.6 is 0 Å². The summed E-state index contributed by atoms with van der Waals surface area (Å²) >= 11 is 0. The number of aromatic nitrogens is 7. The third kappa shape index (κ3) is 3.54. The molecule has 1 amide bonds. The van der Waals surface area contributed by atoms with Crippen molar-refractivity contribution in [1.29, 1.82) is 0 Å². The smallest absolute Gasteiger partial charge is 0.273 e. The SMILES string of the molecule is Cc1nccn1-c1cc(NCCNC(=O)c2cn(C)nn2)ncn1. The molecule has 124 valence electrons. The number of rotatable bonds is 6. The Hall–Kier alpha value is -3.30. The summed E-state index contributed by atoms with van der Waals surface area (Å²) < 4.78 is 3.34. The molecule has 0 radical (unpaired) electrons. The van der Waals surface area contributed by atoms with Gasteiger partial charge in [0.05, 0.1) is 6.20 Å². The molecule has 10 heteroatoms. The number of nitrogens with one attached hydrogen (secondary N) is 2. The van der Waals surface area contributed by atoms with E-state index in [2.05, 4.69) is 35.9 Å². The Kier molecular flexibility index (Phi) is 4.45. The molecule has 0 aliphatic carbocycles. The largest absolute Gasteiger partial charge is 0.368 e. The minimum Gasteiger partial charge on any atom is -0.368 e. The first-order chi connectivity index (χ1) is 11.6. The van der Waals surface area contributed by atoms with E-state index >= 15 is 0 Å². The molecule has 3 aromatic rings. The lowest BCUT2D eigenvalue weighted by atomic mass is 10.4. The third-order valence-electron chi connectivity index (χ3n) is 3.28. The Bertz CT molecular complexity index is 838. The molecule has 0 saturated heterocycles. The van der Waals surface area contributed by atoms with Crippen LogP contribution in [0, 0.1) is 6.92 Å². The van der Waals surface area contributed by atoms with Crippen LogP contribution in [0.1, 0.15) is 16.3 Å². The lowest BCUT2D eigenvalue weighted by Gasteiger charge is -2.08. The van der Waals surface area contributed by atoms with Crippen LogP contribution in [-0.2, 0) is 7.05 Å². The fourth-order valence-corrected chi connectivity index (χ4v) is 2.10. The van der Waals surface area contributed by atoms with E-state index in [9.17, 15) is 4.79 Å². The zero-order valence-corrected chi connectivity index (χ0v) is 13.3. The molecular formula is C14H17N9O. The van der Waals surface area contributed by atoms with Crippen molar-refractivity contribution in [1.82, 2.24) is 39.8 Å². The highest BCUT2D eigenvalue weighted by molar-refractivity contribution is 5.91. The summed E-state index contributed by atoms with van der Waals surface area (Å²) in [7, 11) is 1.71. The van der Waals surface area contributed by atoms with E-state index in [4.69, 9.17) is 0 Å². The van der Waals surface area contributed by atoms with E-state index < -0.39 is 0 Å². The van der Waals surface area contributed by atoms with Gasteiger partial charge in [-0.3, -0.25) is 14.0 Å². The van der Waals surface area contributed by atoms with Gasteiger partial charge < -0.3 is 10.6 Å². The molecule has 0 saturated carbocycles. The predicted octanol–water partition coefficient (Wildman–Crippen LogP) is -0.0589. The first kappa shape index (κ1) is 15.6. The van der Waals surface area contributed by atoms with Crippen LogP contribution in [-0.4, -0.2) is 53.5 Å². The Morgan fingerprint density at radius 2 is 2.12 bits per heavy atom. The van der Waals surface area contributed by atoms with E-state index in [0.29, 0.717) is 18.9 Å². The van der Waals surface area contributed by atoms with Crippen molar-refractivity contribution in [2.45, 2.75) is 6.92 Å². The number of imidazole rings is 1. The van der Waals surface area contributed by atoms with Gasteiger partial charge in [-0.1, -0.05) is 5.21 Å². The van der Waals surface area contributed by atoms with E-state index in [1.54, 1.807) is 19.4 Å². The van der Waals surface area contributed by atoms with Crippen molar-refractivity contribution in [2.75, 3.05) is 18.4 Å². The van der Waals surface area contributed by atoms with Crippen LogP contribution in [0.3, 0.4) is 0 Å². The van der Waals surface area contributed by atoms with Gasteiger partial charge in [0, 0.05) is 38.6 Å². The molecule has 2 N–H and O–H groups in total. The van der Waals surface area contributed by atoms with Crippen LogP contribution in [0.4, 0.5) is 5.82 Å². The molecule has 0 fully saturated rings. The summed E-state index contributed by atoms with van der Waals surface area (Å²) in [6.07, 6.45) is 6.59. The fraction of sp³-hybridized carbons (Fsp3) is 0.286. The van der Waals surface area contributed by atoms with Crippen molar-refractivity contribution in [3.05, 3.63) is 42.5 Å². The van der Waals surface area contributed by atoms with Crippen molar-refractivity contribution in [3.63, 3.8) is 0 Å². The van der Waals surface area contributed by atoms with Crippen LogP contribution in [0.5, 0.6) is 0 Å². The van der Waals surface area contributed by atoms with Gasteiger partial charge in [0.25, 0.3) is 5.91 Å². The topological polar surface area (TPSA) is 115 Å². The number of nitrogens with zero attached hydrogens (tertiary/aromatic N) is 7. The lowest BCUT2D eigenvalue weighted by molar-refractivity contribution is 0.0950. The van der Waals surface area contributed by atoms with Crippen molar-refractivity contribution >= 4 is 11.7 Å². The molecule has 0 aliphatic heterocycles. The first-order valence-electron chi connectivity index (χ1n) is 7.34. The number of carbonyl (C=O) groups is 1. The number of carbonyl (C=O) groups excluding carboxylic acids is 1. The molecule has 0 unspecified atom stereocenters. The molecule has 24 heavy (non-hydrogen) atoms. The van der Waals surface area contributed by atoms with Crippen molar-refractivity contribution in [3.8, 4) is 5.82 Å². The summed E-state index contributed by atoms with van der Waals surface area (Å²) in [6, 6.07) is 1.82. The second-order valence-corrected chi connectivity index (χ2v) is 5.07. The molecule has 0 spiro atoms. The van der Waals surface area contributed by atoms with Gasteiger partial charge in [-0.05, 0) is 6.92 Å². The van der Waals surface area contributed by atoms with Gasteiger partial charge in [0.1, 0.15) is 23.8 Å². The second-order valence-electron chi connectivity index (χ2n) is 5.07. The molecular weight excluding hydrogens is 310 g/mol. The average Bonchev–Trinajstić information content (AvgIpc) is 3.20. The summed E-state index contributed by atoms with van der Waals surface area (Å²) in [5.74, 6) is 1.98. The number of anilines is 1. The molecule has 0 atom stereocenters. The Morgan fingerprint density at radius 1 is 1.25 bits per heavy atom. The molecule has 10 nitrogen and oxygen atoms in total. The van der Waals surface area contributed by atoms with E-state index in [0.717, 1.165) is 11.6 Å². The minimum absolute atomic E-state index is 0.262. The van der Waals surface area contributed by atoms with Gasteiger partial charge in [-0.2, -0.15) is 0 Å². The van der Waals surface area contributed by atoms with E-state index in [-0.39, 0.29) is 11.6 Å². The molecule has 3 aromatic heterocycles. The molecule has 0 bridgehead atoms. The Balaban J connectivity index is 1.52. The lowest BCUT2D eigenvalue weighted by Crippen LogP contribution is -2.29. The Morgan fingerprint density at radius 3 is 2.83 bits per heavy atom. The monoisotopic (exact) mass is 327 g/mol. The van der Waals surface area contributed by atoms with Crippen LogP contribution in [0.25, 0.3) is 5.82 Å². The zero-order chi connectivity index (χ0) is 16.9. The molecule has 3 heterocycles. The fourth-order valence-electron chi connectivity index (χ4n) is 2.10. The summed E-state index contributed by atoms with van der Waals surface area (Å²) in [4.78, 5) is 24.4. The maximum absolute atomic E-state index is 11.8. The van der Waals surface area contributed by atoms with Gasteiger partial charge in [-0.15, -0.1) is 5.10 Å². The van der Waals surface area contributed by atoms with Gasteiger partial charge in [-0.25, -0.2) is 15.0 Å². The van der Waals surface area contributed by atoms with E-state index in [1.165, 1.54) is 11.0 Å². The predicted molar refractivity (Wildman–Crippen MR) is 85.7 cm³/mol. The normalized spacial score (nSPS) is 10.6. The summed E-state index contributed by atoms with van der Waals surface area (Å²) in [6.45, 7) is 2.85. The second kappa shape index (κ2) is 6.86. The maximum Gasteiger partial charge on any atom is 0.273 e. The highest BCUT2D eigenvalue weighted by Gasteiger charge is 2.08. The molecule has 3 rings (SSSR count). The number of aryl methyl sites for hydroxylation is 2. The highest BCUT2D eigenvalue weighted by Crippen LogP contribution is 2.10. The number of hydrogen-bond acceptors (Lipinski definition) is 7. The zero-order valence-electron chi connectivity index (χ0n) is 13.3. The van der Waals surface area contributed by atoms with Gasteiger partial charge in [0.2, 0.25) is 0 Å². The highest BCUT2D eigenvalue weighted by atomic mass is 16.2. The van der Waals surface area contributed by atoms with Gasteiger partial charge >= 0.3 is 0 Å². The standard InChI is InChI=1S/C14H17N9O/c1-10-15-5-6-23(10)13-7-12(18-9-19-13)16-3-4-17-14(24)11-8-22(2)21-20-11/h5-9H,3-4H2,1-2H3,(H,17,24)(H,16,18,19). The molecule has 0 aliphatic rings. The minimum atomic E-state index is -0.262. The van der Waals surface area contributed by atoms with Crippen molar-refractivity contribution in [2.24, 2.45) is 7.05 Å². The average molecular weight is 327 g/mol. The number of amides is 1. The Labute approximate surface area is 138 Å².